The van der Waals surface area contributed by atoms with Crippen LogP contribution in [-0.4, -0.2) is 118 Å². The van der Waals surface area contributed by atoms with Crippen molar-refractivity contribution in [3.05, 3.63) is 82.9 Å². The Bertz CT molecular complexity index is 2160. The lowest BCUT2D eigenvalue weighted by Crippen LogP contribution is -2.81. The Labute approximate surface area is 368 Å². The normalized spacial score (nSPS) is 35.5. The molecule has 2 aliphatic heterocycles. The van der Waals surface area contributed by atoms with E-state index in [-0.39, 0.29) is 30.6 Å². The van der Waals surface area contributed by atoms with Crippen LogP contribution in [0.3, 0.4) is 0 Å². The number of rotatable bonds is 8. The Kier molecular flexibility index (Phi) is 11.8. The molecule has 5 aliphatic rings. The molecule has 0 aromatic heterocycles. The van der Waals surface area contributed by atoms with Gasteiger partial charge in [0.25, 0.3) is 0 Å². The van der Waals surface area contributed by atoms with Gasteiger partial charge in [-0.3, -0.25) is 14.5 Å². The highest BCUT2D eigenvalue weighted by Crippen LogP contribution is 2.65. The number of benzene rings is 2. The van der Waals surface area contributed by atoms with Gasteiger partial charge in [-0.05, 0) is 77.3 Å². The maximum atomic E-state index is 15.7. The van der Waals surface area contributed by atoms with Crippen molar-refractivity contribution in [3.8, 4) is 0 Å². The van der Waals surface area contributed by atoms with Crippen molar-refractivity contribution < 1.29 is 67.3 Å². The van der Waals surface area contributed by atoms with Gasteiger partial charge in [0.2, 0.25) is 0 Å². The summed E-state index contributed by atoms with van der Waals surface area (Å²) in [7, 11) is 1.44. The molecule has 15 nitrogen and oxygen atoms in total. The van der Waals surface area contributed by atoms with Crippen LogP contribution in [0.25, 0.3) is 0 Å². The predicted octanol–water partition coefficient (Wildman–Crippen LogP) is 5.65. The fourth-order valence-corrected chi connectivity index (χ4v) is 11.4. The van der Waals surface area contributed by atoms with Crippen LogP contribution in [0, 0.1) is 22.7 Å². The molecule has 0 spiro atoms. The van der Waals surface area contributed by atoms with Gasteiger partial charge in [0.05, 0.1) is 42.1 Å². The molecule has 15 heteroatoms. The molecule has 2 N–H and O–H groups in total. The fraction of sp³-hybridized carbons (Fsp3) is 0.604. The minimum absolute atomic E-state index is 0.112. The number of aliphatic hydroxyl groups is 2. The van der Waals surface area contributed by atoms with Crippen molar-refractivity contribution in [2.75, 3.05) is 20.3 Å². The van der Waals surface area contributed by atoms with Gasteiger partial charge in [-0.1, -0.05) is 62.4 Å². The second-order valence-corrected chi connectivity index (χ2v) is 19.8. The van der Waals surface area contributed by atoms with Crippen molar-refractivity contribution in [3.63, 3.8) is 0 Å². The summed E-state index contributed by atoms with van der Waals surface area (Å²) in [4.78, 5) is 73.3. The first kappa shape index (κ1) is 46.3. The molecule has 3 aliphatic carbocycles. The van der Waals surface area contributed by atoms with Crippen LogP contribution in [-0.2, 0) is 47.5 Å². The summed E-state index contributed by atoms with van der Waals surface area (Å²) < 4.78 is 43.5. The smallest absolute Gasteiger partial charge is 0.413 e. The topological polar surface area (TPSA) is 194 Å². The number of amides is 1. The lowest BCUT2D eigenvalue weighted by atomic mass is 9.43. The largest absolute Gasteiger partial charge is 0.456 e. The third-order valence-corrected chi connectivity index (χ3v) is 14.3. The third kappa shape index (κ3) is 7.37. The monoisotopic (exact) mass is 875 g/mol. The van der Waals surface area contributed by atoms with E-state index in [1.807, 2.05) is 0 Å². The maximum Gasteiger partial charge on any atom is 0.413 e. The number of Topliss-reactive ketones (excluding diaryl/α,β-unsaturated/α-hetero) is 1. The van der Waals surface area contributed by atoms with Crippen molar-refractivity contribution in [2.24, 2.45) is 22.7 Å². The average Bonchev–Trinajstić information content (AvgIpc) is 3.50. The molecule has 0 radical (unpaired) electrons. The number of carbonyl (C=O) groups excluding carboxylic acids is 5. The molecule has 2 aromatic rings. The Hall–Kier alpha value is -4.67. The van der Waals surface area contributed by atoms with Gasteiger partial charge in [-0.2, -0.15) is 0 Å². The minimum Gasteiger partial charge on any atom is -0.456 e. The zero-order chi connectivity index (χ0) is 46.2. The molecule has 4 fully saturated rings. The van der Waals surface area contributed by atoms with Gasteiger partial charge in [-0.15, -0.1) is 0 Å². The zero-order valence-corrected chi connectivity index (χ0v) is 38.0. The van der Waals surface area contributed by atoms with Crippen LogP contribution >= 0.6 is 0 Å². The van der Waals surface area contributed by atoms with Gasteiger partial charge >= 0.3 is 24.0 Å². The van der Waals surface area contributed by atoms with Gasteiger partial charge in [0.15, 0.2) is 17.5 Å². The van der Waals surface area contributed by atoms with Crippen molar-refractivity contribution >= 4 is 29.8 Å². The third-order valence-electron chi connectivity index (χ3n) is 14.3. The molecule has 7 rings (SSSR count). The average molecular weight is 876 g/mol. The first-order valence-electron chi connectivity index (χ1n) is 21.5. The lowest BCUT2D eigenvalue weighted by Gasteiger charge is -2.68. The predicted molar refractivity (Wildman–Crippen MR) is 225 cm³/mol. The number of fused-ring (bicyclic) bond motifs is 5. The van der Waals surface area contributed by atoms with E-state index < -0.39 is 118 Å². The van der Waals surface area contributed by atoms with E-state index in [1.54, 1.807) is 123 Å². The number of esters is 3. The van der Waals surface area contributed by atoms with E-state index in [4.69, 9.17) is 33.2 Å². The second kappa shape index (κ2) is 16.1. The number of hydrogen-bond donors (Lipinski definition) is 2. The molecular weight excluding hydrogens is 815 g/mol. The zero-order valence-electron chi connectivity index (χ0n) is 38.0. The summed E-state index contributed by atoms with van der Waals surface area (Å²) in [6, 6.07) is 16.0. The number of carbonyl (C=O) groups is 5. The maximum absolute atomic E-state index is 15.7. The number of ether oxygens (including phenoxy) is 7. The lowest BCUT2D eigenvalue weighted by molar-refractivity contribution is -0.347. The Morgan fingerprint density at radius 2 is 1.56 bits per heavy atom. The standard InChI is InChI=1S/C48H61NO14/c1-26-31(59-41(54)36-35(28-18-14-12-15-19-28)49(45(8,9)62-36)42(55)63-43(3,4)5)23-48(56)39(60-40(53)29-20-16-13-17-21-29)37-46(10,38(52)30(24-50)34(26)44(48,6)7)32(57-11)22-33-47(37,25-58-33)61-27(2)51/h12-21,30-33,35-37,39,50,56H,22-25H2,1-11H3/t30-,31+,32+,33-,35+,36?,37+,39+,46-,47+,48-/m1/s1. The summed E-state index contributed by atoms with van der Waals surface area (Å²) >= 11 is 0. The van der Waals surface area contributed by atoms with Gasteiger partial charge in [0.1, 0.15) is 41.3 Å². The molecule has 342 valence electrons. The molecule has 1 amide bonds. The van der Waals surface area contributed by atoms with Crippen LogP contribution in [0.2, 0.25) is 0 Å². The summed E-state index contributed by atoms with van der Waals surface area (Å²) in [6.45, 7) is 15.5. The van der Waals surface area contributed by atoms with Gasteiger partial charge in [-0.25, -0.2) is 14.4 Å². The molecule has 2 saturated carbocycles. The summed E-state index contributed by atoms with van der Waals surface area (Å²) in [5.74, 6) is -5.52. The molecule has 2 bridgehead atoms. The van der Waals surface area contributed by atoms with Crippen LogP contribution in [0.5, 0.6) is 0 Å². The van der Waals surface area contributed by atoms with E-state index in [0.717, 1.165) is 0 Å². The number of methoxy groups -OCH3 is 1. The van der Waals surface area contributed by atoms with Gasteiger partial charge in [0, 0.05) is 32.3 Å². The molecule has 1 unspecified atom stereocenters. The first-order chi connectivity index (χ1) is 29.4. The summed E-state index contributed by atoms with van der Waals surface area (Å²) in [6.07, 6.45) is -7.09. The molecule has 11 atom stereocenters. The van der Waals surface area contributed by atoms with Crippen LogP contribution < -0.4 is 0 Å². The number of aliphatic hydroxyl groups excluding tert-OH is 1. The van der Waals surface area contributed by atoms with Crippen LogP contribution in [0.4, 0.5) is 4.79 Å². The van der Waals surface area contributed by atoms with E-state index in [9.17, 15) is 29.4 Å². The van der Waals surface area contributed by atoms with E-state index in [2.05, 4.69) is 0 Å². The molecule has 2 heterocycles. The first-order valence-corrected chi connectivity index (χ1v) is 21.5. The van der Waals surface area contributed by atoms with E-state index in [0.29, 0.717) is 11.1 Å². The van der Waals surface area contributed by atoms with Crippen LogP contribution in [0.15, 0.2) is 71.8 Å². The molecular formula is C48H61NO14. The van der Waals surface area contributed by atoms with Crippen LogP contribution in [0.1, 0.15) is 104 Å². The van der Waals surface area contributed by atoms with E-state index in [1.165, 1.54) is 18.9 Å². The van der Waals surface area contributed by atoms with Crippen molar-refractivity contribution in [1.29, 1.82) is 0 Å². The van der Waals surface area contributed by atoms with Crippen molar-refractivity contribution in [2.45, 2.75) is 141 Å². The second-order valence-electron chi connectivity index (χ2n) is 19.8. The van der Waals surface area contributed by atoms with E-state index >= 15 is 4.79 Å². The Morgan fingerprint density at radius 3 is 2.10 bits per heavy atom. The fourth-order valence-electron chi connectivity index (χ4n) is 11.4. The minimum atomic E-state index is -2.21. The molecule has 2 saturated heterocycles. The number of ketones is 1. The molecule has 2 aromatic carbocycles. The Morgan fingerprint density at radius 1 is 0.937 bits per heavy atom. The molecule has 63 heavy (non-hydrogen) atoms. The highest BCUT2D eigenvalue weighted by Gasteiger charge is 2.78. The van der Waals surface area contributed by atoms with Crippen molar-refractivity contribution in [1.82, 2.24) is 4.90 Å². The highest BCUT2D eigenvalue weighted by atomic mass is 16.6. The highest BCUT2D eigenvalue weighted by molar-refractivity contribution is 5.93. The van der Waals surface area contributed by atoms with Gasteiger partial charge < -0.3 is 43.4 Å². The Balaban J connectivity index is 1.40. The summed E-state index contributed by atoms with van der Waals surface area (Å²) in [5.41, 5.74) is -7.82. The number of nitrogens with zero attached hydrogens (tertiary/aromatic N) is 1. The summed E-state index contributed by atoms with van der Waals surface area (Å²) in [5, 5.41) is 25.2. The SMILES string of the molecule is CO[C@H]1C[C@H]2OC[C@@]2(OC(C)=O)[C@H]2[C@H](OC(=O)c3ccccc3)[C@]3(O)C[C@H](OC(=O)C4OC(C)(C)N(C(=O)OC(C)(C)C)[C@H]4c4ccccc4)C(C)=C([C@@H](CO)C(=O)[C@]12C)C3(C)C. The number of hydrogen-bond acceptors (Lipinski definition) is 14. The quantitative estimate of drug-likeness (QED) is 0.188.